The molecule has 1 fully saturated rings. The molecule has 1 aromatic carbocycles. The minimum absolute atomic E-state index is 0.0491. The molecule has 0 aliphatic heterocycles. The minimum Gasteiger partial charge on any atom is -0.481 e. The molecular weight excluding hydrogens is 297 g/mol. The number of anilines is 1. The van der Waals surface area contributed by atoms with Gasteiger partial charge in [-0.15, -0.1) is 0 Å². The van der Waals surface area contributed by atoms with Crippen molar-refractivity contribution in [3.05, 3.63) is 41.2 Å². The van der Waals surface area contributed by atoms with Crippen LogP contribution in [0, 0.1) is 29.5 Å². The molecular formula is C15H13ClFNO3. The number of allylic oxidation sites excluding steroid dienone is 2. The summed E-state index contributed by atoms with van der Waals surface area (Å²) in [5, 5.41) is 11.9. The molecule has 0 aromatic heterocycles. The van der Waals surface area contributed by atoms with E-state index in [4.69, 9.17) is 11.6 Å². The SMILES string of the molecule is O=C(O)[C@@H]1[C@H](C(=O)Nc2ccc(F)c(Cl)c2)[C@@H]2C=C[C@H]1C2. The number of benzene rings is 1. The van der Waals surface area contributed by atoms with E-state index >= 15 is 0 Å². The van der Waals surface area contributed by atoms with Crippen molar-refractivity contribution in [1.82, 2.24) is 0 Å². The lowest BCUT2D eigenvalue weighted by Crippen LogP contribution is -2.36. The maximum absolute atomic E-state index is 13.1. The molecule has 4 nitrogen and oxygen atoms in total. The quantitative estimate of drug-likeness (QED) is 0.844. The number of fused-ring (bicyclic) bond motifs is 2. The molecule has 2 aliphatic carbocycles. The number of carboxylic acids is 1. The molecule has 0 saturated heterocycles. The summed E-state index contributed by atoms with van der Waals surface area (Å²) in [7, 11) is 0. The van der Waals surface area contributed by atoms with E-state index in [9.17, 15) is 19.1 Å². The van der Waals surface area contributed by atoms with E-state index in [1.807, 2.05) is 12.2 Å². The Hall–Kier alpha value is -1.88. The molecule has 1 saturated carbocycles. The van der Waals surface area contributed by atoms with Gasteiger partial charge in [0.05, 0.1) is 16.9 Å². The Kier molecular flexibility index (Phi) is 3.45. The number of hydrogen-bond donors (Lipinski definition) is 2. The van der Waals surface area contributed by atoms with Crippen molar-refractivity contribution < 1.29 is 19.1 Å². The Morgan fingerprint density at radius 1 is 1.24 bits per heavy atom. The molecule has 21 heavy (non-hydrogen) atoms. The first-order chi connectivity index (χ1) is 9.97. The number of hydrogen-bond acceptors (Lipinski definition) is 2. The molecule has 4 atom stereocenters. The maximum atomic E-state index is 13.1. The van der Waals surface area contributed by atoms with Gasteiger partial charge in [0.15, 0.2) is 0 Å². The molecule has 0 heterocycles. The van der Waals surface area contributed by atoms with E-state index in [1.54, 1.807) is 0 Å². The lowest BCUT2D eigenvalue weighted by atomic mass is 9.82. The molecule has 0 radical (unpaired) electrons. The monoisotopic (exact) mass is 309 g/mol. The number of rotatable bonds is 3. The van der Waals surface area contributed by atoms with Crippen molar-refractivity contribution in [3.8, 4) is 0 Å². The summed E-state index contributed by atoms with van der Waals surface area (Å²) in [5.74, 6) is -3.31. The topological polar surface area (TPSA) is 66.4 Å². The highest BCUT2D eigenvalue weighted by atomic mass is 35.5. The maximum Gasteiger partial charge on any atom is 0.307 e. The summed E-state index contributed by atoms with van der Waals surface area (Å²) >= 11 is 5.67. The number of nitrogens with one attached hydrogen (secondary N) is 1. The fourth-order valence-corrected chi connectivity index (χ4v) is 3.50. The Morgan fingerprint density at radius 2 is 1.90 bits per heavy atom. The van der Waals surface area contributed by atoms with Gasteiger partial charge in [0.2, 0.25) is 5.91 Å². The van der Waals surface area contributed by atoms with Gasteiger partial charge in [-0.25, -0.2) is 4.39 Å². The number of aliphatic carboxylic acids is 1. The Bertz CT molecular complexity index is 646. The molecule has 6 heteroatoms. The highest BCUT2D eigenvalue weighted by Crippen LogP contribution is 2.48. The molecule has 110 valence electrons. The van der Waals surface area contributed by atoms with Crippen molar-refractivity contribution in [3.63, 3.8) is 0 Å². The van der Waals surface area contributed by atoms with Crippen molar-refractivity contribution in [2.75, 3.05) is 5.32 Å². The van der Waals surface area contributed by atoms with Gasteiger partial charge in [-0.2, -0.15) is 0 Å². The number of amides is 1. The van der Waals surface area contributed by atoms with Crippen LogP contribution < -0.4 is 5.32 Å². The van der Waals surface area contributed by atoms with E-state index in [1.165, 1.54) is 12.1 Å². The normalized spacial score (nSPS) is 29.6. The van der Waals surface area contributed by atoms with Crippen LogP contribution in [0.1, 0.15) is 6.42 Å². The van der Waals surface area contributed by atoms with Crippen LogP contribution in [-0.4, -0.2) is 17.0 Å². The van der Waals surface area contributed by atoms with Gasteiger partial charge in [0, 0.05) is 5.69 Å². The molecule has 0 spiro atoms. The van der Waals surface area contributed by atoms with E-state index in [2.05, 4.69) is 5.32 Å². The standard InChI is InChI=1S/C15H13ClFNO3/c16-10-6-9(3-4-11(10)17)18-14(19)12-7-1-2-8(5-7)13(12)15(20)21/h1-4,6-8,12-13H,5H2,(H,18,19)(H,20,21)/t7-,8+,12-,13+/m1/s1. The average molecular weight is 310 g/mol. The minimum atomic E-state index is -0.955. The largest absolute Gasteiger partial charge is 0.481 e. The zero-order chi connectivity index (χ0) is 15.1. The smallest absolute Gasteiger partial charge is 0.307 e. The van der Waals surface area contributed by atoms with Crippen molar-refractivity contribution in [1.29, 1.82) is 0 Å². The van der Waals surface area contributed by atoms with Gasteiger partial charge in [0.25, 0.3) is 0 Å². The van der Waals surface area contributed by atoms with Crippen LogP contribution in [0.25, 0.3) is 0 Å². The Labute approximate surface area is 125 Å². The molecule has 2 N–H and O–H groups in total. The second-order valence-electron chi connectivity index (χ2n) is 5.46. The molecule has 3 rings (SSSR count). The third-order valence-corrected chi connectivity index (χ3v) is 4.52. The van der Waals surface area contributed by atoms with Crippen LogP contribution in [0.2, 0.25) is 5.02 Å². The van der Waals surface area contributed by atoms with Crippen LogP contribution in [0.5, 0.6) is 0 Å². The zero-order valence-corrected chi connectivity index (χ0v) is 11.7. The van der Waals surface area contributed by atoms with Crippen LogP contribution in [0.4, 0.5) is 10.1 Å². The lowest BCUT2D eigenvalue weighted by Gasteiger charge is -2.23. The van der Waals surface area contributed by atoms with E-state index < -0.39 is 23.6 Å². The van der Waals surface area contributed by atoms with Crippen LogP contribution in [-0.2, 0) is 9.59 Å². The summed E-state index contributed by atoms with van der Waals surface area (Å²) in [5.41, 5.74) is 0.363. The van der Waals surface area contributed by atoms with Crippen molar-refractivity contribution in [2.45, 2.75) is 6.42 Å². The fraction of sp³-hybridized carbons (Fsp3) is 0.333. The van der Waals surface area contributed by atoms with Crippen LogP contribution in [0.3, 0.4) is 0 Å². The van der Waals surface area contributed by atoms with Gasteiger partial charge < -0.3 is 10.4 Å². The first kappa shape index (κ1) is 14.1. The molecule has 2 bridgehead atoms. The van der Waals surface area contributed by atoms with Crippen LogP contribution >= 0.6 is 11.6 Å². The van der Waals surface area contributed by atoms with Gasteiger partial charge >= 0.3 is 5.97 Å². The first-order valence-electron chi connectivity index (χ1n) is 6.64. The lowest BCUT2D eigenvalue weighted by molar-refractivity contribution is -0.146. The predicted molar refractivity (Wildman–Crippen MR) is 75.4 cm³/mol. The first-order valence-corrected chi connectivity index (χ1v) is 7.02. The van der Waals surface area contributed by atoms with Gasteiger partial charge in [0.1, 0.15) is 5.82 Å². The highest BCUT2D eigenvalue weighted by Gasteiger charge is 2.51. The van der Waals surface area contributed by atoms with Crippen molar-refractivity contribution >= 4 is 29.2 Å². The Balaban J connectivity index is 1.80. The number of carboxylic acid groups (broad SMARTS) is 1. The number of halogens is 2. The summed E-state index contributed by atoms with van der Waals surface area (Å²) in [6, 6.07) is 3.87. The second kappa shape index (κ2) is 5.15. The summed E-state index contributed by atoms with van der Waals surface area (Å²) in [6.07, 6.45) is 4.48. The van der Waals surface area contributed by atoms with Crippen molar-refractivity contribution in [2.24, 2.45) is 23.7 Å². The molecule has 1 aromatic rings. The van der Waals surface area contributed by atoms with E-state index in [-0.39, 0.29) is 22.8 Å². The van der Waals surface area contributed by atoms with Gasteiger partial charge in [-0.05, 0) is 36.5 Å². The van der Waals surface area contributed by atoms with E-state index in [0.717, 1.165) is 6.07 Å². The molecule has 1 amide bonds. The van der Waals surface area contributed by atoms with Gasteiger partial charge in [-0.1, -0.05) is 23.8 Å². The molecule has 2 aliphatic rings. The van der Waals surface area contributed by atoms with E-state index in [0.29, 0.717) is 12.1 Å². The third kappa shape index (κ3) is 2.42. The zero-order valence-electron chi connectivity index (χ0n) is 10.9. The summed E-state index contributed by atoms with van der Waals surface area (Å²) in [4.78, 5) is 23.7. The number of carbonyl (C=O) groups excluding carboxylic acids is 1. The van der Waals surface area contributed by atoms with Gasteiger partial charge in [-0.3, -0.25) is 9.59 Å². The Morgan fingerprint density at radius 3 is 2.52 bits per heavy atom. The summed E-state index contributed by atoms with van der Waals surface area (Å²) in [6.45, 7) is 0. The predicted octanol–water partition coefficient (Wildman–Crippen LogP) is 2.94. The van der Waals surface area contributed by atoms with Crippen LogP contribution in [0.15, 0.2) is 30.4 Å². The fourth-order valence-electron chi connectivity index (χ4n) is 3.32. The summed E-state index contributed by atoms with van der Waals surface area (Å²) < 4.78 is 13.1. The highest BCUT2D eigenvalue weighted by molar-refractivity contribution is 6.31. The third-order valence-electron chi connectivity index (χ3n) is 4.23. The average Bonchev–Trinajstić information content (AvgIpc) is 3.03. The molecule has 0 unspecified atom stereocenters. The second-order valence-corrected chi connectivity index (χ2v) is 5.86. The number of carbonyl (C=O) groups is 2.